The van der Waals surface area contributed by atoms with Gasteiger partial charge in [-0.05, 0) is 42.8 Å². The second-order valence-corrected chi connectivity index (χ2v) is 8.01. The van der Waals surface area contributed by atoms with Crippen molar-refractivity contribution in [3.05, 3.63) is 54.2 Å². The summed E-state index contributed by atoms with van der Waals surface area (Å²) in [5.74, 6) is -0.849. The third-order valence-electron chi connectivity index (χ3n) is 5.96. The van der Waals surface area contributed by atoms with Crippen LogP contribution in [0.3, 0.4) is 0 Å². The smallest absolute Gasteiger partial charge is 0.341 e. The zero-order valence-electron chi connectivity index (χ0n) is 17.7. The molecule has 0 saturated carbocycles. The van der Waals surface area contributed by atoms with Gasteiger partial charge in [-0.3, -0.25) is 9.89 Å². The van der Waals surface area contributed by atoms with Crippen LogP contribution in [-0.4, -0.2) is 54.2 Å². The van der Waals surface area contributed by atoms with Crippen molar-refractivity contribution in [2.24, 2.45) is 10.9 Å². The van der Waals surface area contributed by atoms with Crippen molar-refractivity contribution in [3.63, 3.8) is 0 Å². The van der Waals surface area contributed by atoms with E-state index in [-0.39, 0.29) is 5.91 Å². The van der Waals surface area contributed by atoms with Gasteiger partial charge in [0.15, 0.2) is 0 Å². The lowest BCUT2D eigenvalue weighted by atomic mass is 9.87. The highest BCUT2D eigenvalue weighted by atomic mass is 16.5. The van der Waals surface area contributed by atoms with Crippen LogP contribution >= 0.6 is 0 Å². The van der Waals surface area contributed by atoms with Gasteiger partial charge in [0.25, 0.3) is 0 Å². The topological polar surface area (TPSA) is 112 Å². The molecule has 2 atom stereocenters. The summed E-state index contributed by atoms with van der Waals surface area (Å²) in [7, 11) is 0. The summed E-state index contributed by atoms with van der Waals surface area (Å²) in [4.78, 5) is 31.7. The second-order valence-electron chi connectivity index (χ2n) is 8.01. The van der Waals surface area contributed by atoms with Crippen LogP contribution in [0.15, 0.2) is 53.7 Å². The van der Waals surface area contributed by atoms with E-state index in [2.05, 4.69) is 30.7 Å². The van der Waals surface area contributed by atoms with Gasteiger partial charge < -0.3 is 20.3 Å². The maximum Gasteiger partial charge on any atom is 0.341 e. The Hall–Kier alpha value is -3.72. The van der Waals surface area contributed by atoms with E-state index in [9.17, 15) is 9.59 Å². The number of aromatic amines is 1. The molecule has 9 heteroatoms. The zero-order chi connectivity index (χ0) is 22.1. The SMILES string of the molecule is CC1=NC(=O)NC(c2ccc(N3CCOCC3)cc2)C1C(=O)Nc1ccc2[nH]ncc2c1. The third kappa shape index (κ3) is 3.94. The predicted molar refractivity (Wildman–Crippen MR) is 122 cm³/mol. The summed E-state index contributed by atoms with van der Waals surface area (Å²) < 4.78 is 5.42. The number of nitrogens with zero attached hydrogens (tertiary/aromatic N) is 3. The number of carbonyl (C=O) groups excluding carboxylic acids is 2. The van der Waals surface area contributed by atoms with Gasteiger partial charge in [0.1, 0.15) is 5.92 Å². The molecule has 2 aliphatic rings. The first-order valence-corrected chi connectivity index (χ1v) is 10.6. The molecular weight excluding hydrogens is 408 g/mol. The van der Waals surface area contributed by atoms with Crippen LogP contribution in [0, 0.1) is 5.92 Å². The minimum atomic E-state index is -0.623. The molecule has 0 aliphatic carbocycles. The number of ether oxygens (including phenoxy) is 1. The maximum atomic E-state index is 13.3. The fourth-order valence-electron chi connectivity index (χ4n) is 4.29. The van der Waals surface area contributed by atoms with Crippen LogP contribution in [0.5, 0.6) is 0 Å². The minimum Gasteiger partial charge on any atom is -0.378 e. The normalized spacial score (nSPS) is 21.2. The van der Waals surface area contributed by atoms with Gasteiger partial charge in [0, 0.05) is 35.6 Å². The highest BCUT2D eigenvalue weighted by Crippen LogP contribution is 2.30. The molecule has 1 fully saturated rings. The number of benzene rings is 2. The van der Waals surface area contributed by atoms with Crippen LogP contribution in [0.2, 0.25) is 0 Å². The monoisotopic (exact) mass is 432 g/mol. The predicted octanol–water partition coefficient (Wildman–Crippen LogP) is 2.88. The molecular formula is C23H24N6O3. The van der Waals surface area contributed by atoms with Crippen molar-refractivity contribution in [1.82, 2.24) is 15.5 Å². The van der Waals surface area contributed by atoms with Gasteiger partial charge in [-0.25, -0.2) is 9.79 Å². The van der Waals surface area contributed by atoms with Gasteiger partial charge >= 0.3 is 6.03 Å². The Morgan fingerprint density at radius 1 is 1.16 bits per heavy atom. The van der Waals surface area contributed by atoms with E-state index < -0.39 is 18.0 Å². The molecule has 1 saturated heterocycles. The van der Waals surface area contributed by atoms with Crippen molar-refractivity contribution >= 4 is 39.9 Å². The van der Waals surface area contributed by atoms with Crippen LogP contribution in [0.4, 0.5) is 16.2 Å². The van der Waals surface area contributed by atoms with Gasteiger partial charge in [-0.15, -0.1) is 0 Å². The molecule has 2 aromatic carbocycles. The number of anilines is 2. The van der Waals surface area contributed by atoms with Crippen molar-refractivity contribution in [2.75, 3.05) is 36.5 Å². The Balaban J connectivity index is 1.39. The molecule has 5 rings (SSSR count). The van der Waals surface area contributed by atoms with E-state index >= 15 is 0 Å². The number of fused-ring (bicyclic) bond motifs is 1. The lowest BCUT2D eigenvalue weighted by Gasteiger charge is -2.32. The zero-order valence-corrected chi connectivity index (χ0v) is 17.7. The Morgan fingerprint density at radius 2 is 1.94 bits per heavy atom. The van der Waals surface area contributed by atoms with E-state index in [0.29, 0.717) is 24.6 Å². The Kier molecular flexibility index (Phi) is 5.32. The number of hydrogen-bond acceptors (Lipinski definition) is 5. The van der Waals surface area contributed by atoms with E-state index in [1.54, 1.807) is 13.1 Å². The Bertz CT molecular complexity index is 1180. The maximum absolute atomic E-state index is 13.3. The average molecular weight is 432 g/mol. The van der Waals surface area contributed by atoms with E-state index in [1.165, 1.54) is 0 Å². The van der Waals surface area contributed by atoms with Crippen LogP contribution in [0.1, 0.15) is 18.5 Å². The molecule has 0 radical (unpaired) electrons. The Labute approximate surface area is 184 Å². The molecule has 3 N–H and O–H groups in total. The summed E-state index contributed by atoms with van der Waals surface area (Å²) >= 11 is 0. The third-order valence-corrected chi connectivity index (χ3v) is 5.96. The average Bonchev–Trinajstić information content (AvgIpc) is 3.27. The number of amides is 3. The van der Waals surface area contributed by atoms with Crippen LogP contribution in [0.25, 0.3) is 10.9 Å². The number of urea groups is 1. The molecule has 164 valence electrons. The largest absolute Gasteiger partial charge is 0.378 e. The second kappa shape index (κ2) is 8.43. The van der Waals surface area contributed by atoms with E-state index in [4.69, 9.17) is 4.74 Å². The number of hydrogen-bond donors (Lipinski definition) is 3. The quantitative estimate of drug-likeness (QED) is 0.587. The number of aromatic nitrogens is 2. The van der Waals surface area contributed by atoms with Crippen molar-refractivity contribution < 1.29 is 14.3 Å². The van der Waals surface area contributed by atoms with Gasteiger partial charge in [-0.1, -0.05) is 12.1 Å². The molecule has 3 heterocycles. The molecule has 32 heavy (non-hydrogen) atoms. The van der Waals surface area contributed by atoms with E-state index in [0.717, 1.165) is 35.2 Å². The van der Waals surface area contributed by atoms with Gasteiger partial charge in [-0.2, -0.15) is 5.10 Å². The first kappa shape index (κ1) is 20.2. The molecule has 2 aliphatic heterocycles. The fourth-order valence-corrected chi connectivity index (χ4v) is 4.29. The van der Waals surface area contributed by atoms with Crippen LogP contribution < -0.4 is 15.5 Å². The lowest BCUT2D eigenvalue weighted by molar-refractivity contribution is -0.118. The summed E-state index contributed by atoms with van der Waals surface area (Å²) in [5.41, 5.74) is 3.99. The number of H-pyrrole nitrogens is 1. The molecule has 0 spiro atoms. The standard InChI is InChI=1S/C23H24N6O3/c1-14-20(22(30)26-17-4-7-19-16(12-17)13-24-28-19)21(27-23(31)25-14)15-2-5-18(6-3-15)29-8-10-32-11-9-29/h2-7,12-13,20-21H,8-11H2,1H3,(H,24,28)(H,26,30)(H,27,31). The first-order valence-electron chi connectivity index (χ1n) is 10.6. The van der Waals surface area contributed by atoms with Crippen LogP contribution in [-0.2, 0) is 9.53 Å². The number of morpholine rings is 1. The molecule has 0 bridgehead atoms. The first-order chi connectivity index (χ1) is 15.6. The number of carbonyl (C=O) groups is 2. The highest BCUT2D eigenvalue weighted by molar-refractivity contribution is 6.13. The summed E-state index contributed by atoms with van der Waals surface area (Å²) in [5, 5.41) is 13.6. The van der Waals surface area contributed by atoms with Crippen molar-refractivity contribution in [3.8, 4) is 0 Å². The fraction of sp³-hybridized carbons (Fsp3) is 0.304. The summed E-state index contributed by atoms with van der Waals surface area (Å²) in [6, 6.07) is 12.6. The van der Waals surface area contributed by atoms with Gasteiger partial charge in [0.05, 0.1) is 31.0 Å². The highest BCUT2D eigenvalue weighted by Gasteiger charge is 2.37. The molecule has 2 unspecified atom stereocenters. The summed E-state index contributed by atoms with van der Waals surface area (Å²) in [6.45, 7) is 4.83. The minimum absolute atomic E-state index is 0.226. The summed E-state index contributed by atoms with van der Waals surface area (Å²) in [6.07, 6.45) is 1.71. The van der Waals surface area contributed by atoms with Crippen molar-refractivity contribution in [1.29, 1.82) is 0 Å². The lowest BCUT2D eigenvalue weighted by Crippen LogP contribution is -2.45. The molecule has 1 aromatic heterocycles. The molecule has 3 aromatic rings. The Morgan fingerprint density at radius 3 is 2.72 bits per heavy atom. The van der Waals surface area contributed by atoms with Crippen molar-refractivity contribution in [2.45, 2.75) is 13.0 Å². The van der Waals surface area contributed by atoms with Gasteiger partial charge in [0.2, 0.25) is 5.91 Å². The van der Waals surface area contributed by atoms with E-state index in [1.807, 2.05) is 42.5 Å². The molecule has 9 nitrogen and oxygen atoms in total. The molecule has 3 amide bonds. The number of aliphatic imine (C=N–C) groups is 1. The number of rotatable bonds is 4. The number of nitrogens with one attached hydrogen (secondary N) is 3.